The maximum absolute atomic E-state index is 12.6. The Labute approximate surface area is 165 Å². The lowest BCUT2D eigenvalue weighted by molar-refractivity contribution is 0.102. The van der Waals surface area contributed by atoms with Gasteiger partial charge in [-0.3, -0.25) is 10.1 Å². The highest BCUT2D eigenvalue weighted by molar-refractivity contribution is 7.16. The summed E-state index contributed by atoms with van der Waals surface area (Å²) >= 11 is 1.43. The molecule has 4 aromatic rings. The molecule has 0 saturated heterocycles. The predicted molar refractivity (Wildman–Crippen MR) is 109 cm³/mol. The van der Waals surface area contributed by atoms with Gasteiger partial charge in [0.05, 0.1) is 38.0 Å². The van der Waals surface area contributed by atoms with Crippen LogP contribution in [0, 0.1) is 6.92 Å². The lowest BCUT2D eigenvalue weighted by Gasteiger charge is -2.08. The van der Waals surface area contributed by atoms with Crippen molar-refractivity contribution >= 4 is 27.9 Å². The minimum atomic E-state index is -0.212. The van der Waals surface area contributed by atoms with Crippen molar-refractivity contribution in [3.05, 3.63) is 59.5 Å². The van der Waals surface area contributed by atoms with Crippen molar-refractivity contribution in [3.63, 3.8) is 0 Å². The molecule has 0 fully saturated rings. The van der Waals surface area contributed by atoms with Crippen LogP contribution < -0.4 is 14.8 Å². The van der Waals surface area contributed by atoms with Crippen LogP contribution in [0.2, 0.25) is 0 Å². The number of methoxy groups -OCH3 is 2. The molecule has 0 spiro atoms. The van der Waals surface area contributed by atoms with Crippen molar-refractivity contribution in [2.75, 3.05) is 19.5 Å². The molecule has 0 saturated carbocycles. The van der Waals surface area contributed by atoms with Gasteiger partial charge in [-0.15, -0.1) is 11.3 Å². The number of carbonyl (C=O) groups excluding carboxylic acids is 1. The van der Waals surface area contributed by atoms with Crippen LogP contribution in [0.4, 0.5) is 5.13 Å². The van der Waals surface area contributed by atoms with Crippen molar-refractivity contribution in [1.29, 1.82) is 0 Å². The van der Waals surface area contributed by atoms with Gasteiger partial charge in [0.1, 0.15) is 0 Å². The molecule has 7 nitrogen and oxygen atoms in total. The Hall–Kier alpha value is -3.39. The van der Waals surface area contributed by atoms with Crippen LogP contribution in [-0.4, -0.2) is 34.5 Å². The van der Waals surface area contributed by atoms with Crippen LogP contribution in [0.15, 0.2) is 49.1 Å². The van der Waals surface area contributed by atoms with Gasteiger partial charge in [0.15, 0.2) is 16.6 Å². The first-order chi connectivity index (χ1) is 13.6. The number of aromatic nitrogens is 3. The van der Waals surface area contributed by atoms with E-state index in [1.54, 1.807) is 45.1 Å². The van der Waals surface area contributed by atoms with Gasteiger partial charge >= 0.3 is 0 Å². The standard InChI is InChI=1S/C20H18N4O3S/c1-12-18(13-4-5-16(26-2)17(9-13)27-3)22-20(28-12)23-19(25)14-6-7-24-11-21-10-15(24)8-14/h4-11H,1-3H3,(H,22,23,25). The molecule has 0 unspecified atom stereocenters. The summed E-state index contributed by atoms with van der Waals surface area (Å²) in [7, 11) is 3.19. The lowest BCUT2D eigenvalue weighted by atomic mass is 10.1. The maximum Gasteiger partial charge on any atom is 0.257 e. The second-order valence-corrected chi connectivity index (χ2v) is 7.29. The van der Waals surface area contributed by atoms with Gasteiger partial charge < -0.3 is 13.9 Å². The fourth-order valence-electron chi connectivity index (χ4n) is 2.93. The Balaban J connectivity index is 1.59. The molecule has 4 rings (SSSR count). The zero-order valence-corrected chi connectivity index (χ0v) is 16.4. The predicted octanol–water partition coefficient (Wildman–Crippen LogP) is 4.04. The largest absolute Gasteiger partial charge is 0.493 e. The number of hydrogen-bond acceptors (Lipinski definition) is 6. The van der Waals surface area contributed by atoms with Crippen LogP contribution in [0.3, 0.4) is 0 Å². The molecule has 3 aromatic heterocycles. The van der Waals surface area contributed by atoms with Crippen molar-refractivity contribution in [3.8, 4) is 22.8 Å². The monoisotopic (exact) mass is 394 g/mol. The van der Waals surface area contributed by atoms with Crippen molar-refractivity contribution in [2.45, 2.75) is 6.92 Å². The number of ether oxygens (including phenoxy) is 2. The summed E-state index contributed by atoms with van der Waals surface area (Å²) in [6, 6.07) is 9.17. The van der Waals surface area contributed by atoms with Gasteiger partial charge in [-0.25, -0.2) is 9.97 Å². The molecular formula is C20H18N4O3S. The zero-order chi connectivity index (χ0) is 19.7. The van der Waals surface area contributed by atoms with E-state index in [9.17, 15) is 4.79 Å². The smallest absolute Gasteiger partial charge is 0.257 e. The molecule has 1 aromatic carbocycles. The Morgan fingerprint density at radius 1 is 1.14 bits per heavy atom. The number of benzene rings is 1. The number of nitrogens with zero attached hydrogens (tertiary/aromatic N) is 3. The summed E-state index contributed by atoms with van der Waals surface area (Å²) in [5.41, 5.74) is 3.10. The van der Waals surface area contributed by atoms with Gasteiger partial charge in [0.2, 0.25) is 0 Å². The van der Waals surface area contributed by atoms with E-state index < -0.39 is 0 Å². The molecule has 28 heavy (non-hydrogen) atoms. The number of carbonyl (C=O) groups is 1. The lowest BCUT2D eigenvalue weighted by Crippen LogP contribution is -2.11. The average molecular weight is 394 g/mol. The first kappa shape index (κ1) is 18.0. The fourth-order valence-corrected chi connectivity index (χ4v) is 3.76. The van der Waals surface area contributed by atoms with Crippen LogP contribution in [0.1, 0.15) is 15.2 Å². The number of thiazole rings is 1. The molecule has 1 N–H and O–H groups in total. The molecule has 3 heterocycles. The zero-order valence-electron chi connectivity index (χ0n) is 15.6. The van der Waals surface area contributed by atoms with Crippen LogP contribution in [0.25, 0.3) is 16.8 Å². The van der Waals surface area contributed by atoms with E-state index in [1.807, 2.05) is 29.5 Å². The third-order valence-electron chi connectivity index (χ3n) is 4.35. The van der Waals surface area contributed by atoms with Gasteiger partial charge in [0.25, 0.3) is 5.91 Å². The van der Waals surface area contributed by atoms with Gasteiger partial charge in [-0.2, -0.15) is 0 Å². The third-order valence-corrected chi connectivity index (χ3v) is 5.24. The maximum atomic E-state index is 12.6. The summed E-state index contributed by atoms with van der Waals surface area (Å²) in [4.78, 5) is 22.3. The van der Waals surface area contributed by atoms with E-state index in [0.29, 0.717) is 22.2 Å². The second kappa shape index (κ2) is 7.32. The van der Waals surface area contributed by atoms with E-state index in [2.05, 4.69) is 15.3 Å². The van der Waals surface area contributed by atoms with Crippen LogP contribution in [0.5, 0.6) is 11.5 Å². The average Bonchev–Trinajstić information content (AvgIpc) is 3.32. The van der Waals surface area contributed by atoms with Crippen molar-refractivity contribution in [1.82, 2.24) is 14.4 Å². The van der Waals surface area contributed by atoms with E-state index >= 15 is 0 Å². The molecule has 0 aliphatic carbocycles. The molecule has 1 amide bonds. The molecule has 8 heteroatoms. The fraction of sp³-hybridized carbons (Fsp3) is 0.150. The summed E-state index contributed by atoms with van der Waals surface area (Å²) in [5, 5.41) is 3.42. The summed E-state index contributed by atoms with van der Waals surface area (Å²) in [5.74, 6) is 1.08. The Morgan fingerprint density at radius 2 is 1.96 bits per heavy atom. The number of amides is 1. The van der Waals surface area contributed by atoms with Crippen LogP contribution >= 0.6 is 11.3 Å². The van der Waals surface area contributed by atoms with E-state index in [4.69, 9.17) is 9.47 Å². The SMILES string of the molecule is COc1ccc(-c2nc(NC(=O)c3ccn4cncc4c3)sc2C)cc1OC. The molecule has 0 atom stereocenters. The number of aryl methyl sites for hydroxylation is 1. The number of anilines is 1. The minimum absolute atomic E-state index is 0.212. The molecular weight excluding hydrogens is 376 g/mol. The second-order valence-electron chi connectivity index (χ2n) is 6.09. The third kappa shape index (κ3) is 3.29. The molecule has 0 aliphatic rings. The van der Waals surface area contributed by atoms with Crippen molar-refractivity contribution in [2.24, 2.45) is 0 Å². The summed E-state index contributed by atoms with van der Waals surface area (Å²) in [6.07, 6.45) is 5.20. The molecule has 142 valence electrons. The van der Waals surface area contributed by atoms with Crippen molar-refractivity contribution < 1.29 is 14.3 Å². The summed E-state index contributed by atoms with van der Waals surface area (Å²) in [6.45, 7) is 1.97. The number of rotatable bonds is 5. The summed E-state index contributed by atoms with van der Waals surface area (Å²) < 4.78 is 12.5. The molecule has 0 aliphatic heterocycles. The minimum Gasteiger partial charge on any atom is -0.493 e. The van der Waals surface area contributed by atoms with Gasteiger partial charge in [-0.1, -0.05) is 0 Å². The van der Waals surface area contributed by atoms with Gasteiger partial charge in [-0.05, 0) is 37.3 Å². The highest BCUT2D eigenvalue weighted by atomic mass is 32.1. The number of pyridine rings is 1. The normalized spacial score (nSPS) is 10.8. The Kier molecular flexibility index (Phi) is 4.70. The number of hydrogen-bond donors (Lipinski definition) is 1. The number of fused-ring (bicyclic) bond motifs is 1. The number of nitrogens with one attached hydrogen (secondary N) is 1. The highest BCUT2D eigenvalue weighted by Crippen LogP contribution is 2.36. The Bertz CT molecular complexity index is 1170. The van der Waals surface area contributed by atoms with Gasteiger partial charge in [0, 0.05) is 22.2 Å². The molecule has 0 bridgehead atoms. The van der Waals surface area contributed by atoms with E-state index in [0.717, 1.165) is 21.7 Å². The molecule has 0 radical (unpaired) electrons. The highest BCUT2D eigenvalue weighted by Gasteiger charge is 2.15. The first-order valence-corrected chi connectivity index (χ1v) is 9.33. The van der Waals surface area contributed by atoms with Crippen LogP contribution in [-0.2, 0) is 0 Å². The quantitative estimate of drug-likeness (QED) is 0.553. The first-order valence-electron chi connectivity index (χ1n) is 8.52. The van der Waals surface area contributed by atoms with E-state index in [1.165, 1.54) is 11.3 Å². The van der Waals surface area contributed by atoms with E-state index in [-0.39, 0.29) is 5.91 Å². The Morgan fingerprint density at radius 3 is 2.75 bits per heavy atom. The topological polar surface area (TPSA) is 77.8 Å². The number of imidazole rings is 1.